The van der Waals surface area contributed by atoms with Crippen molar-refractivity contribution >= 4 is 5.91 Å². The molecule has 5 nitrogen and oxygen atoms in total. The maximum atomic E-state index is 12.9. The molecule has 5 heteroatoms. The van der Waals surface area contributed by atoms with Crippen molar-refractivity contribution in [1.82, 2.24) is 9.47 Å². The standard InChI is InChI=1S/C21H18N2O3/c24-21(15-3-5-18(6-4-15)22-8-1-2-9-22)23-10-7-16-11-19-20(26-14-25-19)12-17(16)13-23/h1-6,8-9,11-12H,7,10,13-14H2. The van der Waals surface area contributed by atoms with Crippen molar-refractivity contribution in [1.29, 1.82) is 0 Å². The summed E-state index contributed by atoms with van der Waals surface area (Å²) in [6, 6.07) is 15.8. The van der Waals surface area contributed by atoms with Gasteiger partial charge in [0.2, 0.25) is 6.79 Å². The zero-order chi connectivity index (χ0) is 17.5. The number of fused-ring (bicyclic) bond motifs is 2. The van der Waals surface area contributed by atoms with Gasteiger partial charge in [0, 0.05) is 36.7 Å². The average molecular weight is 346 g/mol. The summed E-state index contributed by atoms with van der Waals surface area (Å²) in [4.78, 5) is 14.8. The third-order valence-corrected chi connectivity index (χ3v) is 5.01. The van der Waals surface area contributed by atoms with Crippen molar-refractivity contribution in [2.75, 3.05) is 13.3 Å². The van der Waals surface area contributed by atoms with E-state index < -0.39 is 0 Å². The molecule has 0 aliphatic carbocycles. The van der Waals surface area contributed by atoms with Crippen LogP contribution >= 0.6 is 0 Å². The summed E-state index contributed by atoms with van der Waals surface area (Å²) in [5, 5.41) is 0. The number of nitrogens with zero attached hydrogens (tertiary/aromatic N) is 2. The van der Waals surface area contributed by atoms with E-state index >= 15 is 0 Å². The lowest BCUT2D eigenvalue weighted by Gasteiger charge is -2.29. The van der Waals surface area contributed by atoms with Gasteiger partial charge in [0.15, 0.2) is 11.5 Å². The molecule has 1 amide bonds. The summed E-state index contributed by atoms with van der Waals surface area (Å²) in [5.41, 5.74) is 4.13. The molecule has 3 aromatic rings. The average Bonchev–Trinajstić information content (AvgIpc) is 3.37. The molecule has 26 heavy (non-hydrogen) atoms. The fourth-order valence-electron chi connectivity index (χ4n) is 3.58. The molecule has 0 atom stereocenters. The van der Waals surface area contributed by atoms with E-state index in [1.165, 1.54) is 5.56 Å². The first-order valence-electron chi connectivity index (χ1n) is 8.72. The van der Waals surface area contributed by atoms with E-state index in [1.807, 2.05) is 70.4 Å². The third kappa shape index (κ3) is 2.52. The van der Waals surface area contributed by atoms with Crippen molar-refractivity contribution in [3.05, 3.63) is 77.6 Å². The summed E-state index contributed by atoms with van der Waals surface area (Å²) in [5.74, 6) is 1.64. The van der Waals surface area contributed by atoms with Crippen molar-refractivity contribution in [2.24, 2.45) is 0 Å². The highest BCUT2D eigenvalue weighted by molar-refractivity contribution is 5.94. The summed E-state index contributed by atoms with van der Waals surface area (Å²) in [6.45, 7) is 1.59. The summed E-state index contributed by atoms with van der Waals surface area (Å²) in [6.07, 6.45) is 4.81. The largest absolute Gasteiger partial charge is 0.454 e. The van der Waals surface area contributed by atoms with Gasteiger partial charge in [-0.05, 0) is 66.1 Å². The third-order valence-electron chi connectivity index (χ3n) is 5.01. The zero-order valence-corrected chi connectivity index (χ0v) is 14.2. The first-order valence-corrected chi connectivity index (χ1v) is 8.72. The molecule has 2 aromatic carbocycles. The smallest absolute Gasteiger partial charge is 0.254 e. The topological polar surface area (TPSA) is 43.7 Å². The number of hydrogen-bond acceptors (Lipinski definition) is 3. The Bertz CT molecular complexity index is 962. The van der Waals surface area contributed by atoms with E-state index in [0.717, 1.165) is 29.2 Å². The lowest BCUT2D eigenvalue weighted by atomic mass is 9.98. The first kappa shape index (κ1) is 15.1. The van der Waals surface area contributed by atoms with Crippen LogP contribution in [0.3, 0.4) is 0 Å². The molecule has 5 rings (SSSR count). The summed E-state index contributed by atoms with van der Waals surface area (Å²) in [7, 11) is 0. The minimum Gasteiger partial charge on any atom is -0.454 e. The summed E-state index contributed by atoms with van der Waals surface area (Å²) < 4.78 is 12.9. The molecular formula is C21H18N2O3. The van der Waals surface area contributed by atoms with E-state index in [0.29, 0.717) is 18.7 Å². The van der Waals surface area contributed by atoms with E-state index in [4.69, 9.17) is 9.47 Å². The van der Waals surface area contributed by atoms with E-state index in [-0.39, 0.29) is 12.7 Å². The Morgan fingerprint density at radius 1 is 0.923 bits per heavy atom. The van der Waals surface area contributed by atoms with E-state index in [1.54, 1.807) is 0 Å². The Labute approximate surface area is 151 Å². The molecule has 0 spiro atoms. The number of rotatable bonds is 2. The minimum absolute atomic E-state index is 0.0624. The fourth-order valence-corrected chi connectivity index (χ4v) is 3.58. The normalized spacial score (nSPS) is 15.0. The predicted molar refractivity (Wildman–Crippen MR) is 96.8 cm³/mol. The van der Waals surface area contributed by atoms with Crippen LogP contribution in [0.5, 0.6) is 11.5 Å². The van der Waals surface area contributed by atoms with Gasteiger partial charge in [-0.25, -0.2) is 0 Å². The van der Waals surface area contributed by atoms with Gasteiger partial charge in [0.05, 0.1) is 0 Å². The van der Waals surface area contributed by atoms with Crippen LogP contribution in [0.25, 0.3) is 5.69 Å². The second-order valence-electron chi connectivity index (χ2n) is 6.59. The second-order valence-corrected chi connectivity index (χ2v) is 6.59. The Balaban J connectivity index is 1.36. The maximum absolute atomic E-state index is 12.9. The molecule has 0 unspecified atom stereocenters. The van der Waals surface area contributed by atoms with Gasteiger partial charge >= 0.3 is 0 Å². The van der Waals surface area contributed by atoms with Crippen LogP contribution in [0.15, 0.2) is 60.9 Å². The first-order chi connectivity index (χ1) is 12.8. The number of benzene rings is 2. The van der Waals surface area contributed by atoms with Crippen LogP contribution < -0.4 is 9.47 Å². The molecule has 0 fully saturated rings. The molecule has 1 aromatic heterocycles. The lowest BCUT2D eigenvalue weighted by molar-refractivity contribution is 0.0734. The number of ether oxygens (including phenoxy) is 2. The van der Waals surface area contributed by atoms with Crippen molar-refractivity contribution < 1.29 is 14.3 Å². The van der Waals surface area contributed by atoms with Gasteiger partial charge in [-0.1, -0.05) is 0 Å². The molecule has 2 aliphatic rings. The lowest BCUT2D eigenvalue weighted by Crippen LogP contribution is -2.35. The van der Waals surface area contributed by atoms with Crippen LogP contribution in [-0.2, 0) is 13.0 Å². The van der Waals surface area contributed by atoms with Gasteiger partial charge < -0.3 is 18.9 Å². The van der Waals surface area contributed by atoms with E-state index in [9.17, 15) is 4.79 Å². The highest BCUT2D eigenvalue weighted by Crippen LogP contribution is 2.36. The second kappa shape index (κ2) is 5.95. The van der Waals surface area contributed by atoms with Gasteiger partial charge in [0.25, 0.3) is 5.91 Å². The van der Waals surface area contributed by atoms with Gasteiger partial charge in [0.1, 0.15) is 0 Å². The van der Waals surface area contributed by atoms with Gasteiger partial charge in [-0.15, -0.1) is 0 Å². The number of hydrogen-bond donors (Lipinski definition) is 0. The predicted octanol–water partition coefficient (Wildman–Crippen LogP) is 3.40. The maximum Gasteiger partial charge on any atom is 0.254 e. The van der Waals surface area contributed by atoms with Crippen LogP contribution in [0.2, 0.25) is 0 Å². The molecule has 0 saturated heterocycles. The van der Waals surface area contributed by atoms with Crippen LogP contribution in [0.1, 0.15) is 21.5 Å². The molecule has 0 N–H and O–H groups in total. The Morgan fingerprint density at radius 2 is 1.62 bits per heavy atom. The van der Waals surface area contributed by atoms with Crippen molar-refractivity contribution in [2.45, 2.75) is 13.0 Å². The Kier molecular flexibility index (Phi) is 3.45. The molecule has 0 saturated carbocycles. The SMILES string of the molecule is O=C(c1ccc(-n2cccc2)cc1)N1CCc2cc3c(cc2C1)OCO3. The Morgan fingerprint density at radius 3 is 2.35 bits per heavy atom. The van der Waals surface area contributed by atoms with Crippen molar-refractivity contribution in [3.8, 4) is 17.2 Å². The summed E-state index contributed by atoms with van der Waals surface area (Å²) >= 11 is 0. The molecular weight excluding hydrogens is 328 g/mol. The number of amides is 1. The van der Waals surface area contributed by atoms with Crippen LogP contribution in [0.4, 0.5) is 0 Å². The highest BCUT2D eigenvalue weighted by atomic mass is 16.7. The molecule has 130 valence electrons. The van der Waals surface area contributed by atoms with Crippen molar-refractivity contribution in [3.63, 3.8) is 0 Å². The molecule has 0 bridgehead atoms. The monoisotopic (exact) mass is 346 g/mol. The molecule has 3 heterocycles. The van der Waals surface area contributed by atoms with Crippen LogP contribution in [0, 0.1) is 0 Å². The minimum atomic E-state index is 0.0624. The number of carbonyl (C=O) groups is 1. The fraction of sp³-hybridized carbons (Fsp3) is 0.190. The number of aromatic nitrogens is 1. The van der Waals surface area contributed by atoms with Gasteiger partial charge in [-0.3, -0.25) is 4.79 Å². The Hall–Kier alpha value is -3.21. The van der Waals surface area contributed by atoms with Gasteiger partial charge in [-0.2, -0.15) is 0 Å². The molecule has 0 radical (unpaired) electrons. The van der Waals surface area contributed by atoms with E-state index in [2.05, 4.69) is 0 Å². The van der Waals surface area contributed by atoms with Crippen LogP contribution in [-0.4, -0.2) is 28.7 Å². The highest BCUT2D eigenvalue weighted by Gasteiger charge is 2.25. The zero-order valence-electron chi connectivity index (χ0n) is 14.2. The number of carbonyl (C=O) groups excluding carboxylic acids is 1. The molecule has 2 aliphatic heterocycles. The quantitative estimate of drug-likeness (QED) is 0.714.